The third kappa shape index (κ3) is 5.34. The van der Waals surface area contributed by atoms with Gasteiger partial charge in [-0.2, -0.15) is 13.2 Å². The number of hydrogen-bond donors (Lipinski definition) is 2. The smallest absolute Gasteiger partial charge is 0.416 e. The average molecular weight is 453 g/mol. The first-order valence-electron chi connectivity index (χ1n) is 10.3. The molecule has 1 aliphatic heterocycles. The summed E-state index contributed by atoms with van der Waals surface area (Å²) in [6.07, 6.45) is -1.22. The second kappa shape index (κ2) is 9.10. The van der Waals surface area contributed by atoms with Gasteiger partial charge in [0.05, 0.1) is 18.3 Å². The van der Waals surface area contributed by atoms with Gasteiger partial charge < -0.3 is 19.7 Å². The van der Waals surface area contributed by atoms with Crippen LogP contribution in [0.2, 0.25) is 5.02 Å². The SMILES string of the molecule is OC(CN1CCCC(COc2ccc(C(F)(F)F)cc2)C1)c1c[nH]c2ccc(Cl)cc12. The number of aliphatic hydroxyl groups excluding tert-OH is 1. The van der Waals surface area contributed by atoms with Crippen LogP contribution < -0.4 is 4.74 Å². The van der Waals surface area contributed by atoms with Crippen molar-refractivity contribution in [3.8, 4) is 5.75 Å². The second-order valence-electron chi connectivity index (χ2n) is 8.05. The van der Waals surface area contributed by atoms with Crippen molar-refractivity contribution < 1.29 is 23.0 Å². The summed E-state index contributed by atoms with van der Waals surface area (Å²) in [6, 6.07) is 10.3. The van der Waals surface area contributed by atoms with Crippen LogP contribution in [0.5, 0.6) is 5.75 Å². The number of rotatable bonds is 6. The van der Waals surface area contributed by atoms with Crippen LogP contribution in [0.3, 0.4) is 0 Å². The molecule has 0 aliphatic carbocycles. The van der Waals surface area contributed by atoms with E-state index >= 15 is 0 Å². The third-order valence-electron chi connectivity index (χ3n) is 5.74. The molecule has 1 fully saturated rings. The maximum absolute atomic E-state index is 12.7. The van der Waals surface area contributed by atoms with Gasteiger partial charge in [0.15, 0.2) is 0 Å². The van der Waals surface area contributed by atoms with Crippen LogP contribution in [0.15, 0.2) is 48.7 Å². The van der Waals surface area contributed by atoms with Crippen molar-refractivity contribution in [3.05, 3.63) is 64.8 Å². The van der Waals surface area contributed by atoms with Crippen LogP contribution >= 0.6 is 11.6 Å². The Kier molecular flexibility index (Phi) is 6.46. The Bertz CT molecular complexity index is 1020. The van der Waals surface area contributed by atoms with E-state index in [1.54, 1.807) is 0 Å². The summed E-state index contributed by atoms with van der Waals surface area (Å²) in [5.41, 5.74) is 1.07. The Hall–Kier alpha value is -2.22. The molecule has 8 heteroatoms. The molecule has 0 saturated carbocycles. The standard InChI is InChI=1S/C23H24ClF3N2O2/c24-17-5-8-21-19(10-17)20(11-28-21)22(30)13-29-9-1-2-15(12-29)14-31-18-6-3-16(4-7-18)23(25,26)27/h3-8,10-11,15,22,28,30H,1-2,9,12-14H2. The number of aliphatic hydroxyl groups is 1. The average Bonchev–Trinajstić information content (AvgIpc) is 3.15. The highest BCUT2D eigenvalue weighted by Crippen LogP contribution is 2.31. The molecule has 0 bridgehead atoms. The number of likely N-dealkylation sites (tertiary alicyclic amines) is 1. The molecule has 2 N–H and O–H groups in total. The fraction of sp³-hybridized carbons (Fsp3) is 0.391. The molecular weight excluding hydrogens is 429 g/mol. The molecule has 31 heavy (non-hydrogen) atoms. The van der Waals surface area contributed by atoms with Gasteiger partial charge in [0, 0.05) is 46.7 Å². The number of β-amino-alcohol motifs (C(OH)–C–C–N with tert-alkyl or cyclic N) is 1. The van der Waals surface area contributed by atoms with Crippen molar-refractivity contribution in [2.75, 3.05) is 26.2 Å². The van der Waals surface area contributed by atoms with Crippen molar-refractivity contribution in [3.63, 3.8) is 0 Å². The Balaban J connectivity index is 1.32. The molecule has 166 valence electrons. The summed E-state index contributed by atoms with van der Waals surface area (Å²) in [4.78, 5) is 5.37. The molecule has 2 unspecified atom stereocenters. The number of H-pyrrole nitrogens is 1. The van der Waals surface area contributed by atoms with Crippen LogP contribution in [0.4, 0.5) is 13.2 Å². The predicted molar refractivity (Wildman–Crippen MR) is 114 cm³/mol. The number of nitrogens with zero attached hydrogens (tertiary/aromatic N) is 1. The lowest BCUT2D eigenvalue weighted by molar-refractivity contribution is -0.137. The first-order valence-corrected chi connectivity index (χ1v) is 10.6. The first kappa shape index (κ1) is 22.0. The maximum atomic E-state index is 12.7. The van der Waals surface area contributed by atoms with Gasteiger partial charge in [0.1, 0.15) is 5.75 Å². The number of halogens is 4. The fourth-order valence-corrected chi connectivity index (χ4v) is 4.31. The highest BCUT2D eigenvalue weighted by Gasteiger charge is 2.30. The zero-order chi connectivity index (χ0) is 22.0. The van der Waals surface area contributed by atoms with Gasteiger partial charge in [-0.25, -0.2) is 0 Å². The minimum absolute atomic E-state index is 0.251. The number of aromatic nitrogens is 1. The summed E-state index contributed by atoms with van der Waals surface area (Å²) in [6.45, 7) is 2.58. The van der Waals surface area contributed by atoms with Crippen LogP contribution in [0.1, 0.15) is 30.1 Å². The van der Waals surface area contributed by atoms with Crippen LogP contribution in [-0.2, 0) is 6.18 Å². The van der Waals surface area contributed by atoms with Gasteiger partial charge in [-0.15, -0.1) is 0 Å². The van der Waals surface area contributed by atoms with Gasteiger partial charge >= 0.3 is 6.18 Å². The zero-order valence-electron chi connectivity index (χ0n) is 16.8. The van der Waals surface area contributed by atoms with E-state index in [1.807, 2.05) is 24.4 Å². The molecular formula is C23H24ClF3N2O2. The van der Waals surface area contributed by atoms with E-state index < -0.39 is 17.8 Å². The fourth-order valence-electron chi connectivity index (χ4n) is 4.14. The van der Waals surface area contributed by atoms with E-state index in [-0.39, 0.29) is 5.92 Å². The lowest BCUT2D eigenvalue weighted by Gasteiger charge is -2.33. The largest absolute Gasteiger partial charge is 0.493 e. The van der Waals surface area contributed by atoms with E-state index in [0.717, 1.165) is 54.5 Å². The summed E-state index contributed by atoms with van der Waals surface area (Å²) in [7, 11) is 0. The van der Waals surface area contributed by atoms with Gasteiger partial charge in [-0.05, 0) is 61.9 Å². The monoisotopic (exact) mass is 452 g/mol. The Morgan fingerprint density at radius 1 is 1.19 bits per heavy atom. The molecule has 1 aromatic heterocycles. The van der Waals surface area contributed by atoms with Crippen LogP contribution in [0.25, 0.3) is 10.9 Å². The molecule has 0 radical (unpaired) electrons. The minimum atomic E-state index is -4.35. The summed E-state index contributed by atoms with van der Waals surface area (Å²) >= 11 is 6.10. The number of piperidine rings is 1. The number of fused-ring (bicyclic) bond motifs is 1. The van der Waals surface area contributed by atoms with Gasteiger partial charge in [-0.3, -0.25) is 0 Å². The lowest BCUT2D eigenvalue weighted by atomic mass is 9.98. The van der Waals surface area contributed by atoms with Crippen molar-refractivity contribution in [1.29, 1.82) is 0 Å². The van der Waals surface area contributed by atoms with E-state index in [9.17, 15) is 18.3 Å². The van der Waals surface area contributed by atoms with Gasteiger partial charge in [-0.1, -0.05) is 11.6 Å². The molecule has 1 saturated heterocycles. The molecule has 4 rings (SSSR count). The number of nitrogens with one attached hydrogen (secondary N) is 1. The van der Waals surface area contributed by atoms with Crippen LogP contribution in [-0.4, -0.2) is 41.2 Å². The van der Waals surface area contributed by atoms with Crippen molar-refractivity contribution >= 4 is 22.5 Å². The van der Waals surface area contributed by atoms with E-state index in [1.165, 1.54) is 12.1 Å². The van der Waals surface area contributed by atoms with Crippen molar-refractivity contribution in [1.82, 2.24) is 9.88 Å². The first-order chi connectivity index (χ1) is 14.8. The number of hydrogen-bond acceptors (Lipinski definition) is 3. The molecule has 1 aliphatic rings. The number of ether oxygens (including phenoxy) is 1. The molecule has 2 heterocycles. The van der Waals surface area contributed by atoms with Crippen molar-refractivity contribution in [2.45, 2.75) is 25.1 Å². The molecule has 3 aromatic rings. The van der Waals surface area contributed by atoms with E-state index in [0.29, 0.717) is 23.9 Å². The quantitative estimate of drug-likeness (QED) is 0.507. The number of aromatic amines is 1. The zero-order valence-corrected chi connectivity index (χ0v) is 17.6. The summed E-state index contributed by atoms with van der Waals surface area (Å²) in [5.74, 6) is 0.682. The molecule has 0 spiro atoms. The summed E-state index contributed by atoms with van der Waals surface area (Å²) in [5, 5.41) is 12.3. The summed E-state index contributed by atoms with van der Waals surface area (Å²) < 4.78 is 43.8. The molecule has 2 aromatic carbocycles. The Morgan fingerprint density at radius 2 is 1.97 bits per heavy atom. The normalized spacial score (nSPS) is 18.9. The lowest BCUT2D eigenvalue weighted by Crippen LogP contribution is -2.39. The Morgan fingerprint density at radius 3 is 2.71 bits per heavy atom. The van der Waals surface area contributed by atoms with E-state index in [4.69, 9.17) is 16.3 Å². The molecule has 0 amide bonds. The topological polar surface area (TPSA) is 48.5 Å². The predicted octanol–water partition coefficient (Wildman–Crippen LogP) is 5.66. The van der Waals surface area contributed by atoms with Crippen LogP contribution in [0, 0.1) is 5.92 Å². The molecule has 4 nitrogen and oxygen atoms in total. The second-order valence-corrected chi connectivity index (χ2v) is 8.49. The minimum Gasteiger partial charge on any atom is -0.493 e. The van der Waals surface area contributed by atoms with Gasteiger partial charge in [0.25, 0.3) is 0 Å². The highest BCUT2D eigenvalue weighted by molar-refractivity contribution is 6.31. The maximum Gasteiger partial charge on any atom is 0.416 e. The highest BCUT2D eigenvalue weighted by atomic mass is 35.5. The number of alkyl halides is 3. The third-order valence-corrected chi connectivity index (χ3v) is 5.97. The van der Waals surface area contributed by atoms with Crippen molar-refractivity contribution in [2.24, 2.45) is 5.92 Å². The van der Waals surface area contributed by atoms with Gasteiger partial charge in [0.2, 0.25) is 0 Å². The Labute approximate surface area is 183 Å². The number of benzene rings is 2. The molecule has 2 atom stereocenters. The van der Waals surface area contributed by atoms with E-state index in [2.05, 4.69) is 9.88 Å².